The lowest BCUT2D eigenvalue weighted by molar-refractivity contribution is -0.258. The Hall–Kier alpha value is -3.84. The van der Waals surface area contributed by atoms with Gasteiger partial charge in [0.05, 0.1) is 18.3 Å². The molecule has 0 spiro atoms. The molecule has 0 aliphatic carbocycles. The number of alkyl halides is 5. The first-order valence-corrected chi connectivity index (χ1v) is 11.5. The van der Waals surface area contributed by atoms with E-state index in [0.717, 1.165) is 36.4 Å². The lowest BCUT2D eigenvalue weighted by Crippen LogP contribution is -2.48. The van der Waals surface area contributed by atoms with E-state index in [1.54, 1.807) is 0 Å². The van der Waals surface area contributed by atoms with Crippen LogP contribution in [0.25, 0.3) is 0 Å². The standard InChI is InChI=1S/C25H15ClF7N3O3/c26-16-3-1-11(27)7-13(16)20-19-14(22(37)35-20)5-10(21(29)30)6-17(19)34-23(38)36-9-24(39,25(31,32)33)15-8-12(28)2-4-18(15)36/h1-8,20-21,39H,9H2,(H,34,38)(H,35,37)/t20-,24-/m0/s1. The molecule has 2 atom stereocenters. The number of carbonyl (C=O) groups is 2. The van der Waals surface area contributed by atoms with Crippen LogP contribution < -0.4 is 15.5 Å². The van der Waals surface area contributed by atoms with Crippen molar-refractivity contribution in [1.82, 2.24) is 5.32 Å². The Morgan fingerprint density at radius 3 is 2.44 bits per heavy atom. The van der Waals surface area contributed by atoms with E-state index in [1.165, 1.54) is 6.07 Å². The van der Waals surface area contributed by atoms with Gasteiger partial charge in [-0.15, -0.1) is 0 Å². The van der Waals surface area contributed by atoms with Gasteiger partial charge in [-0.25, -0.2) is 22.4 Å². The molecule has 5 rings (SSSR count). The second-order valence-corrected chi connectivity index (χ2v) is 9.35. The van der Waals surface area contributed by atoms with E-state index < -0.39 is 76.9 Å². The number of hydrogen-bond acceptors (Lipinski definition) is 3. The molecule has 2 aliphatic heterocycles. The van der Waals surface area contributed by atoms with Gasteiger partial charge in [0, 0.05) is 38.5 Å². The molecular weight excluding hydrogens is 559 g/mol. The van der Waals surface area contributed by atoms with Crippen molar-refractivity contribution in [1.29, 1.82) is 0 Å². The van der Waals surface area contributed by atoms with Crippen LogP contribution in [0.2, 0.25) is 5.02 Å². The summed E-state index contributed by atoms with van der Waals surface area (Å²) < 4.78 is 96.5. The third-order valence-corrected chi connectivity index (χ3v) is 6.91. The number of aliphatic hydroxyl groups is 1. The second-order valence-electron chi connectivity index (χ2n) is 8.94. The number of benzene rings is 3. The first-order valence-electron chi connectivity index (χ1n) is 11.1. The highest BCUT2D eigenvalue weighted by Crippen LogP contribution is 2.49. The van der Waals surface area contributed by atoms with Crippen molar-refractivity contribution in [3.05, 3.63) is 93.0 Å². The number of amides is 3. The van der Waals surface area contributed by atoms with Gasteiger partial charge >= 0.3 is 12.2 Å². The van der Waals surface area contributed by atoms with Crippen molar-refractivity contribution >= 4 is 34.9 Å². The minimum atomic E-state index is -5.31. The molecule has 0 fully saturated rings. The topological polar surface area (TPSA) is 81.7 Å². The van der Waals surface area contributed by atoms with Crippen LogP contribution in [0.4, 0.5) is 46.9 Å². The summed E-state index contributed by atoms with van der Waals surface area (Å²) in [5, 5.41) is 15.1. The first kappa shape index (κ1) is 26.8. The van der Waals surface area contributed by atoms with Crippen LogP contribution in [0.1, 0.15) is 45.1 Å². The fraction of sp³-hybridized carbons (Fsp3) is 0.200. The highest BCUT2D eigenvalue weighted by Gasteiger charge is 2.61. The smallest absolute Gasteiger partial charge is 0.375 e. The predicted octanol–water partition coefficient (Wildman–Crippen LogP) is 6.19. The van der Waals surface area contributed by atoms with Gasteiger partial charge < -0.3 is 15.7 Å². The molecular formula is C25H15ClF7N3O3. The lowest BCUT2D eigenvalue weighted by atomic mass is 9.94. The normalized spacial score (nSPS) is 20.2. The van der Waals surface area contributed by atoms with E-state index in [4.69, 9.17) is 11.6 Å². The Labute approximate surface area is 220 Å². The summed E-state index contributed by atoms with van der Waals surface area (Å²) in [7, 11) is 0. The zero-order valence-corrected chi connectivity index (χ0v) is 20.0. The van der Waals surface area contributed by atoms with Crippen molar-refractivity contribution < 1.29 is 45.4 Å². The fourth-order valence-corrected chi connectivity index (χ4v) is 4.96. The Balaban J connectivity index is 1.60. The molecule has 39 heavy (non-hydrogen) atoms. The molecule has 6 nitrogen and oxygen atoms in total. The van der Waals surface area contributed by atoms with Crippen LogP contribution in [-0.2, 0) is 5.60 Å². The second kappa shape index (κ2) is 9.12. The maximum atomic E-state index is 14.0. The van der Waals surface area contributed by atoms with Gasteiger partial charge in [-0.1, -0.05) is 11.6 Å². The number of β-amino-alcohol motifs (C(OH)–C–C–N with tert-alkyl or cyclic N) is 1. The molecule has 3 amide bonds. The molecule has 0 unspecified atom stereocenters. The fourth-order valence-electron chi connectivity index (χ4n) is 4.73. The molecule has 0 bridgehead atoms. The molecule has 0 aromatic heterocycles. The molecule has 0 saturated carbocycles. The highest BCUT2D eigenvalue weighted by molar-refractivity contribution is 6.31. The van der Waals surface area contributed by atoms with E-state index in [2.05, 4.69) is 10.6 Å². The zero-order chi connectivity index (χ0) is 28.4. The summed E-state index contributed by atoms with van der Waals surface area (Å²) >= 11 is 6.18. The molecule has 204 valence electrons. The van der Waals surface area contributed by atoms with Crippen molar-refractivity contribution in [2.24, 2.45) is 0 Å². The third kappa shape index (κ3) is 4.35. The summed E-state index contributed by atoms with van der Waals surface area (Å²) in [6.45, 7) is -1.37. The van der Waals surface area contributed by atoms with Crippen LogP contribution in [0, 0.1) is 11.6 Å². The molecule has 3 N–H and O–H groups in total. The third-order valence-electron chi connectivity index (χ3n) is 6.57. The number of nitrogens with zero attached hydrogens (tertiary/aromatic N) is 1. The van der Waals surface area contributed by atoms with Gasteiger partial charge in [-0.05, 0) is 48.5 Å². The number of anilines is 2. The number of carbonyl (C=O) groups excluding carboxylic acids is 2. The number of fused-ring (bicyclic) bond motifs is 2. The van der Waals surface area contributed by atoms with Crippen molar-refractivity contribution in [3.63, 3.8) is 0 Å². The van der Waals surface area contributed by atoms with Crippen molar-refractivity contribution in [2.45, 2.75) is 24.2 Å². The highest BCUT2D eigenvalue weighted by atomic mass is 35.5. The maximum Gasteiger partial charge on any atom is 0.423 e. The number of urea groups is 1. The van der Waals surface area contributed by atoms with Crippen LogP contribution in [-0.4, -0.2) is 29.8 Å². The Kier molecular flexibility index (Phi) is 6.26. The quantitative estimate of drug-likeness (QED) is 0.327. The molecule has 0 saturated heterocycles. The monoisotopic (exact) mass is 573 g/mol. The average molecular weight is 574 g/mol. The molecule has 2 aliphatic rings. The largest absolute Gasteiger partial charge is 0.423 e. The molecule has 0 radical (unpaired) electrons. The zero-order valence-electron chi connectivity index (χ0n) is 19.2. The minimum absolute atomic E-state index is 0.00417. The van der Waals surface area contributed by atoms with Gasteiger partial charge in [0.2, 0.25) is 5.60 Å². The van der Waals surface area contributed by atoms with Crippen LogP contribution in [0.15, 0.2) is 48.5 Å². The Bertz CT molecular complexity index is 1530. The van der Waals surface area contributed by atoms with Crippen molar-refractivity contribution in [2.75, 3.05) is 16.8 Å². The van der Waals surface area contributed by atoms with E-state index >= 15 is 0 Å². The van der Waals surface area contributed by atoms with Crippen LogP contribution in [0.3, 0.4) is 0 Å². The molecule has 3 aromatic carbocycles. The van der Waals surface area contributed by atoms with Gasteiger partial charge in [-0.3, -0.25) is 9.69 Å². The molecule has 2 heterocycles. The minimum Gasteiger partial charge on any atom is -0.375 e. The van der Waals surface area contributed by atoms with Gasteiger partial charge in [-0.2, -0.15) is 13.2 Å². The summed E-state index contributed by atoms with van der Waals surface area (Å²) in [6.07, 6.45) is -8.42. The SMILES string of the molecule is O=C1N[C@@H](c2cc(F)ccc2Cl)c2c(NC(=O)N3C[C@@](O)(C(F)(F)F)c4cc(F)ccc43)cc(C(F)F)cc21. The summed E-state index contributed by atoms with van der Waals surface area (Å²) in [5.74, 6) is -2.68. The summed E-state index contributed by atoms with van der Waals surface area (Å²) in [6, 6.07) is 4.47. The summed E-state index contributed by atoms with van der Waals surface area (Å²) in [5.41, 5.74) is -6.48. The lowest BCUT2D eigenvalue weighted by Gasteiger charge is -2.27. The van der Waals surface area contributed by atoms with Crippen molar-refractivity contribution in [3.8, 4) is 0 Å². The van der Waals surface area contributed by atoms with Gasteiger partial charge in [0.1, 0.15) is 11.6 Å². The Morgan fingerprint density at radius 2 is 1.77 bits per heavy atom. The maximum absolute atomic E-state index is 14.0. The van der Waals surface area contributed by atoms with Gasteiger partial charge in [0.25, 0.3) is 12.3 Å². The number of halogens is 8. The van der Waals surface area contributed by atoms with Gasteiger partial charge in [0.15, 0.2) is 0 Å². The number of nitrogens with one attached hydrogen (secondary N) is 2. The Morgan fingerprint density at radius 1 is 1.10 bits per heavy atom. The average Bonchev–Trinajstić information content (AvgIpc) is 3.35. The molecule has 3 aromatic rings. The van der Waals surface area contributed by atoms with E-state index in [0.29, 0.717) is 11.0 Å². The number of rotatable bonds is 3. The number of hydrogen-bond donors (Lipinski definition) is 3. The van der Waals surface area contributed by atoms with Crippen LogP contribution in [0.5, 0.6) is 0 Å². The first-order chi connectivity index (χ1) is 18.2. The van der Waals surface area contributed by atoms with Crippen LogP contribution >= 0.6 is 11.6 Å². The van der Waals surface area contributed by atoms with E-state index in [9.17, 15) is 45.4 Å². The predicted molar refractivity (Wildman–Crippen MR) is 125 cm³/mol. The van der Waals surface area contributed by atoms with E-state index in [1.807, 2.05) is 0 Å². The summed E-state index contributed by atoms with van der Waals surface area (Å²) in [4.78, 5) is 26.4. The molecule has 14 heteroatoms. The van der Waals surface area contributed by atoms with E-state index in [-0.39, 0.29) is 21.7 Å².